The van der Waals surface area contributed by atoms with E-state index in [1.807, 2.05) is 6.07 Å². The van der Waals surface area contributed by atoms with Crippen LogP contribution in [0.4, 0.5) is 0 Å². The number of ketones is 1. The number of Topliss-reactive ketones (excluding diaryl/α,β-unsaturated/α-hetero) is 1. The minimum atomic E-state index is 0.151. The lowest BCUT2D eigenvalue weighted by Crippen LogP contribution is -2.52. The fourth-order valence-corrected chi connectivity index (χ4v) is 2.56. The number of likely N-dealkylation sites (N-methyl/N-ethyl adjacent to an activating group) is 1. The van der Waals surface area contributed by atoms with E-state index in [0.29, 0.717) is 12.5 Å². The largest absolute Gasteiger partial charge is 0.324 e. The minimum Gasteiger partial charge on any atom is -0.324 e. The molecule has 1 unspecified atom stereocenters. The Hall–Kier alpha value is -1.23. The summed E-state index contributed by atoms with van der Waals surface area (Å²) in [5.74, 6) is 0.151. The standard InChI is InChI=1S/C15H23N3O/c1-17-7-8-18(11-13-5-3-2-4-6-13)12-14(17)9-15(19)10-16/h2-6,14H,7-12,16H2,1H3. The molecular weight excluding hydrogens is 238 g/mol. The Kier molecular flexibility index (Phi) is 5.07. The molecule has 1 aliphatic rings. The van der Waals surface area contributed by atoms with Crippen molar-refractivity contribution in [2.45, 2.75) is 19.0 Å². The quantitative estimate of drug-likeness (QED) is 0.848. The summed E-state index contributed by atoms with van der Waals surface area (Å²) >= 11 is 0. The van der Waals surface area contributed by atoms with E-state index in [0.717, 1.165) is 26.2 Å². The topological polar surface area (TPSA) is 49.6 Å². The molecule has 1 aliphatic heterocycles. The van der Waals surface area contributed by atoms with Crippen molar-refractivity contribution in [1.29, 1.82) is 0 Å². The van der Waals surface area contributed by atoms with Gasteiger partial charge in [-0.3, -0.25) is 9.69 Å². The van der Waals surface area contributed by atoms with Gasteiger partial charge in [0.25, 0.3) is 0 Å². The van der Waals surface area contributed by atoms with Crippen molar-refractivity contribution in [3.63, 3.8) is 0 Å². The third-order valence-electron chi connectivity index (χ3n) is 3.80. The Morgan fingerprint density at radius 1 is 1.32 bits per heavy atom. The van der Waals surface area contributed by atoms with E-state index in [-0.39, 0.29) is 12.3 Å². The second-order valence-corrected chi connectivity index (χ2v) is 5.30. The number of carbonyl (C=O) groups is 1. The molecule has 1 saturated heterocycles. The van der Waals surface area contributed by atoms with Crippen molar-refractivity contribution in [3.05, 3.63) is 35.9 Å². The molecule has 1 fully saturated rings. The first-order valence-corrected chi connectivity index (χ1v) is 6.87. The van der Waals surface area contributed by atoms with Crippen LogP contribution in [0.1, 0.15) is 12.0 Å². The summed E-state index contributed by atoms with van der Waals surface area (Å²) in [7, 11) is 2.09. The molecule has 1 heterocycles. The molecule has 1 atom stereocenters. The highest BCUT2D eigenvalue weighted by molar-refractivity contribution is 5.80. The molecule has 0 bridgehead atoms. The zero-order chi connectivity index (χ0) is 13.7. The van der Waals surface area contributed by atoms with Gasteiger partial charge in [0.2, 0.25) is 0 Å². The van der Waals surface area contributed by atoms with Crippen LogP contribution in [-0.2, 0) is 11.3 Å². The number of hydrogen-bond donors (Lipinski definition) is 1. The Morgan fingerprint density at radius 2 is 2.05 bits per heavy atom. The summed E-state index contributed by atoms with van der Waals surface area (Å²) in [6.45, 7) is 4.12. The summed E-state index contributed by atoms with van der Waals surface area (Å²) in [4.78, 5) is 16.2. The van der Waals surface area contributed by atoms with Gasteiger partial charge in [0, 0.05) is 38.6 Å². The first-order chi connectivity index (χ1) is 9.19. The Bertz CT molecular complexity index is 407. The number of hydrogen-bond acceptors (Lipinski definition) is 4. The third kappa shape index (κ3) is 4.13. The second kappa shape index (κ2) is 6.80. The van der Waals surface area contributed by atoms with Gasteiger partial charge in [-0.15, -0.1) is 0 Å². The summed E-state index contributed by atoms with van der Waals surface area (Å²) in [5, 5.41) is 0. The zero-order valence-electron chi connectivity index (χ0n) is 11.6. The fourth-order valence-electron chi connectivity index (χ4n) is 2.56. The molecule has 0 aromatic heterocycles. The van der Waals surface area contributed by atoms with Crippen molar-refractivity contribution in [1.82, 2.24) is 9.80 Å². The SMILES string of the molecule is CN1CCN(Cc2ccccc2)CC1CC(=O)CN. The average Bonchev–Trinajstić information content (AvgIpc) is 2.43. The molecule has 0 saturated carbocycles. The van der Waals surface area contributed by atoms with Crippen LogP contribution >= 0.6 is 0 Å². The molecule has 0 radical (unpaired) electrons. The monoisotopic (exact) mass is 261 g/mol. The normalized spacial score (nSPS) is 21.5. The Labute approximate surface area is 115 Å². The van der Waals surface area contributed by atoms with Crippen LogP contribution in [0.3, 0.4) is 0 Å². The molecule has 1 aromatic carbocycles. The predicted octanol–water partition coefficient (Wildman–Crippen LogP) is 0.721. The summed E-state index contributed by atoms with van der Waals surface area (Å²) < 4.78 is 0. The van der Waals surface area contributed by atoms with Gasteiger partial charge in [-0.05, 0) is 12.6 Å². The van der Waals surface area contributed by atoms with Crippen LogP contribution in [-0.4, -0.2) is 54.9 Å². The van der Waals surface area contributed by atoms with Crippen LogP contribution in [0.2, 0.25) is 0 Å². The van der Waals surface area contributed by atoms with Gasteiger partial charge in [0.05, 0.1) is 6.54 Å². The van der Waals surface area contributed by atoms with E-state index in [1.165, 1.54) is 5.56 Å². The highest BCUT2D eigenvalue weighted by atomic mass is 16.1. The maximum atomic E-state index is 11.5. The van der Waals surface area contributed by atoms with Crippen LogP contribution in [0.25, 0.3) is 0 Å². The highest BCUT2D eigenvalue weighted by Crippen LogP contribution is 2.14. The Balaban J connectivity index is 1.91. The molecular formula is C15H23N3O. The molecule has 4 nitrogen and oxygen atoms in total. The van der Waals surface area contributed by atoms with Gasteiger partial charge in [-0.25, -0.2) is 0 Å². The molecule has 104 valence electrons. The van der Waals surface area contributed by atoms with Crippen LogP contribution in [0.5, 0.6) is 0 Å². The number of piperazine rings is 1. The second-order valence-electron chi connectivity index (χ2n) is 5.30. The molecule has 0 amide bonds. The summed E-state index contributed by atoms with van der Waals surface area (Å²) in [6.07, 6.45) is 0.568. The third-order valence-corrected chi connectivity index (χ3v) is 3.80. The van der Waals surface area contributed by atoms with Gasteiger partial charge in [0.15, 0.2) is 0 Å². The Morgan fingerprint density at radius 3 is 2.74 bits per heavy atom. The van der Waals surface area contributed by atoms with E-state index in [1.54, 1.807) is 0 Å². The maximum absolute atomic E-state index is 11.5. The first-order valence-electron chi connectivity index (χ1n) is 6.87. The smallest absolute Gasteiger partial charge is 0.148 e. The van der Waals surface area contributed by atoms with E-state index >= 15 is 0 Å². The van der Waals surface area contributed by atoms with Crippen molar-refractivity contribution in [2.24, 2.45) is 5.73 Å². The van der Waals surface area contributed by atoms with E-state index < -0.39 is 0 Å². The molecule has 1 aromatic rings. The zero-order valence-corrected chi connectivity index (χ0v) is 11.6. The number of nitrogens with two attached hydrogens (primary N) is 1. The lowest BCUT2D eigenvalue weighted by molar-refractivity contribution is -0.119. The van der Waals surface area contributed by atoms with E-state index in [9.17, 15) is 4.79 Å². The number of carbonyl (C=O) groups excluding carboxylic acids is 1. The van der Waals surface area contributed by atoms with E-state index in [4.69, 9.17) is 5.73 Å². The molecule has 4 heteroatoms. The molecule has 2 N–H and O–H groups in total. The van der Waals surface area contributed by atoms with Crippen LogP contribution < -0.4 is 5.73 Å². The maximum Gasteiger partial charge on any atom is 0.148 e. The number of benzene rings is 1. The summed E-state index contributed by atoms with van der Waals surface area (Å²) in [6, 6.07) is 10.8. The fraction of sp³-hybridized carbons (Fsp3) is 0.533. The molecule has 2 rings (SSSR count). The summed E-state index contributed by atoms with van der Waals surface area (Å²) in [5.41, 5.74) is 6.74. The number of rotatable bonds is 5. The van der Waals surface area contributed by atoms with Crippen molar-refractivity contribution >= 4 is 5.78 Å². The van der Waals surface area contributed by atoms with E-state index in [2.05, 4.69) is 41.1 Å². The first kappa shape index (κ1) is 14.2. The minimum absolute atomic E-state index is 0.151. The van der Waals surface area contributed by atoms with Gasteiger partial charge in [-0.1, -0.05) is 30.3 Å². The van der Waals surface area contributed by atoms with Crippen molar-refractivity contribution < 1.29 is 4.79 Å². The highest BCUT2D eigenvalue weighted by Gasteiger charge is 2.25. The van der Waals surface area contributed by atoms with Gasteiger partial charge in [-0.2, -0.15) is 0 Å². The lowest BCUT2D eigenvalue weighted by atomic mass is 10.1. The van der Waals surface area contributed by atoms with Crippen molar-refractivity contribution in [3.8, 4) is 0 Å². The van der Waals surface area contributed by atoms with Gasteiger partial charge < -0.3 is 10.6 Å². The predicted molar refractivity (Wildman–Crippen MR) is 76.8 cm³/mol. The lowest BCUT2D eigenvalue weighted by Gasteiger charge is -2.39. The van der Waals surface area contributed by atoms with Crippen molar-refractivity contribution in [2.75, 3.05) is 33.2 Å². The van der Waals surface area contributed by atoms with Crippen LogP contribution in [0, 0.1) is 0 Å². The van der Waals surface area contributed by atoms with Crippen LogP contribution in [0.15, 0.2) is 30.3 Å². The number of nitrogens with zero attached hydrogens (tertiary/aromatic N) is 2. The van der Waals surface area contributed by atoms with Gasteiger partial charge >= 0.3 is 0 Å². The van der Waals surface area contributed by atoms with Gasteiger partial charge in [0.1, 0.15) is 5.78 Å². The molecule has 0 spiro atoms. The molecule has 0 aliphatic carbocycles. The average molecular weight is 261 g/mol. The molecule has 19 heavy (non-hydrogen) atoms.